The van der Waals surface area contributed by atoms with Gasteiger partial charge in [-0.25, -0.2) is 14.3 Å². The third-order valence-corrected chi connectivity index (χ3v) is 5.60. The van der Waals surface area contributed by atoms with E-state index < -0.39 is 5.91 Å². The highest BCUT2D eigenvalue weighted by Crippen LogP contribution is 2.28. The molecule has 2 aromatic heterocycles. The Morgan fingerprint density at radius 3 is 2.66 bits per heavy atom. The van der Waals surface area contributed by atoms with E-state index in [-0.39, 0.29) is 18.4 Å². The van der Waals surface area contributed by atoms with Crippen molar-refractivity contribution in [1.82, 2.24) is 24.5 Å². The molecule has 0 aliphatic heterocycles. The van der Waals surface area contributed by atoms with E-state index in [4.69, 9.17) is 39.5 Å². The SMILES string of the molecule is O=C(Nc1ncn(Cc2ccc(Cl)cc2Cl)n1)c1ccn(COc2ccc(Br)cc2Cl)n1. The number of hydrogen-bond acceptors (Lipinski definition) is 5. The van der Waals surface area contributed by atoms with Crippen molar-refractivity contribution in [2.24, 2.45) is 0 Å². The average Bonchev–Trinajstić information content (AvgIpc) is 3.39. The van der Waals surface area contributed by atoms with Crippen molar-refractivity contribution in [2.45, 2.75) is 13.3 Å². The Kier molecular flexibility index (Phi) is 7.00. The first kappa shape index (κ1) is 22.6. The normalized spacial score (nSPS) is 10.9. The first-order valence-corrected chi connectivity index (χ1v) is 11.1. The molecule has 12 heteroatoms. The van der Waals surface area contributed by atoms with Gasteiger partial charge in [-0.15, -0.1) is 5.10 Å². The van der Waals surface area contributed by atoms with Gasteiger partial charge in [-0.3, -0.25) is 10.1 Å². The number of aromatic nitrogens is 5. The summed E-state index contributed by atoms with van der Waals surface area (Å²) in [6.45, 7) is 0.465. The van der Waals surface area contributed by atoms with Gasteiger partial charge < -0.3 is 4.74 Å². The van der Waals surface area contributed by atoms with Crippen molar-refractivity contribution >= 4 is 62.6 Å². The van der Waals surface area contributed by atoms with Crippen molar-refractivity contribution in [3.8, 4) is 5.75 Å². The molecule has 0 saturated carbocycles. The third kappa shape index (κ3) is 5.60. The van der Waals surface area contributed by atoms with Crippen LogP contribution in [0.2, 0.25) is 15.1 Å². The maximum Gasteiger partial charge on any atom is 0.278 e. The number of carbonyl (C=O) groups excluding carboxylic acids is 1. The second-order valence-corrected chi connectivity index (χ2v) is 8.71. The van der Waals surface area contributed by atoms with Gasteiger partial charge in [-0.2, -0.15) is 5.10 Å². The quantitative estimate of drug-likeness (QED) is 0.323. The van der Waals surface area contributed by atoms with Gasteiger partial charge in [0.2, 0.25) is 5.95 Å². The minimum atomic E-state index is -0.451. The van der Waals surface area contributed by atoms with Crippen molar-refractivity contribution in [2.75, 3.05) is 5.32 Å². The van der Waals surface area contributed by atoms with Gasteiger partial charge >= 0.3 is 0 Å². The van der Waals surface area contributed by atoms with Gasteiger partial charge in [0.15, 0.2) is 12.4 Å². The molecule has 4 aromatic rings. The fraction of sp³-hybridized carbons (Fsp3) is 0.100. The van der Waals surface area contributed by atoms with Gasteiger partial charge in [0, 0.05) is 20.7 Å². The molecule has 0 fully saturated rings. The minimum Gasteiger partial charge on any atom is -0.470 e. The molecule has 2 aromatic carbocycles. The van der Waals surface area contributed by atoms with E-state index in [1.807, 2.05) is 6.07 Å². The van der Waals surface area contributed by atoms with Crippen molar-refractivity contribution in [3.63, 3.8) is 0 Å². The largest absolute Gasteiger partial charge is 0.470 e. The highest BCUT2D eigenvalue weighted by Gasteiger charge is 2.13. The smallest absolute Gasteiger partial charge is 0.278 e. The number of nitrogens with one attached hydrogen (secondary N) is 1. The van der Waals surface area contributed by atoms with Crippen LogP contribution < -0.4 is 10.1 Å². The molecule has 32 heavy (non-hydrogen) atoms. The summed E-state index contributed by atoms with van der Waals surface area (Å²) in [6.07, 6.45) is 3.12. The van der Waals surface area contributed by atoms with Crippen molar-refractivity contribution in [3.05, 3.63) is 85.8 Å². The van der Waals surface area contributed by atoms with E-state index >= 15 is 0 Å². The van der Waals surface area contributed by atoms with Crippen LogP contribution in [0.3, 0.4) is 0 Å². The summed E-state index contributed by atoms with van der Waals surface area (Å²) < 4.78 is 9.51. The van der Waals surface area contributed by atoms with Gasteiger partial charge in [-0.1, -0.05) is 56.8 Å². The summed E-state index contributed by atoms with van der Waals surface area (Å²) in [4.78, 5) is 16.6. The van der Waals surface area contributed by atoms with Crippen LogP contribution in [0.15, 0.2) is 59.5 Å². The summed E-state index contributed by atoms with van der Waals surface area (Å²) >= 11 is 21.6. The molecule has 0 aliphatic carbocycles. The Morgan fingerprint density at radius 1 is 1.03 bits per heavy atom. The molecular weight excluding hydrogens is 543 g/mol. The zero-order valence-electron chi connectivity index (χ0n) is 16.2. The fourth-order valence-electron chi connectivity index (χ4n) is 2.70. The van der Waals surface area contributed by atoms with Crippen LogP contribution >= 0.6 is 50.7 Å². The molecule has 2 heterocycles. The highest BCUT2D eigenvalue weighted by atomic mass is 79.9. The standard InChI is InChI=1S/C20H14BrCl3N6O2/c21-13-2-4-18(16(24)7-13)32-11-29-6-5-17(27-29)19(31)26-20-25-10-30(28-20)9-12-1-3-14(22)8-15(12)23/h1-8,10H,9,11H2,(H,26,28,31). The Bertz CT molecular complexity index is 1280. The summed E-state index contributed by atoms with van der Waals surface area (Å²) in [7, 11) is 0. The predicted octanol–water partition coefficient (Wildman–Crippen LogP) is 5.53. The van der Waals surface area contributed by atoms with E-state index in [0.29, 0.717) is 27.4 Å². The Balaban J connectivity index is 1.35. The highest BCUT2D eigenvalue weighted by molar-refractivity contribution is 9.10. The molecule has 1 amide bonds. The molecule has 0 aliphatic rings. The van der Waals surface area contributed by atoms with Crippen LogP contribution in [0.5, 0.6) is 5.75 Å². The average molecular weight is 557 g/mol. The van der Waals surface area contributed by atoms with Crippen LogP contribution in [0.1, 0.15) is 16.1 Å². The third-order valence-electron chi connectivity index (χ3n) is 4.23. The Labute approximate surface area is 206 Å². The van der Waals surface area contributed by atoms with Crippen LogP contribution in [-0.4, -0.2) is 30.5 Å². The number of nitrogens with zero attached hydrogens (tertiary/aromatic N) is 5. The first-order chi connectivity index (χ1) is 15.4. The zero-order valence-corrected chi connectivity index (χ0v) is 20.0. The second kappa shape index (κ2) is 9.91. The number of carbonyl (C=O) groups is 1. The molecule has 8 nitrogen and oxygen atoms in total. The number of rotatable bonds is 7. The van der Waals surface area contributed by atoms with E-state index in [2.05, 4.69) is 36.4 Å². The number of hydrogen-bond donors (Lipinski definition) is 1. The number of benzene rings is 2. The molecule has 0 radical (unpaired) electrons. The Morgan fingerprint density at radius 2 is 1.88 bits per heavy atom. The molecule has 0 spiro atoms. The maximum absolute atomic E-state index is 12.5. The van der Waals surface area contributed by atoms with E-state index in [1.165, 1.54) is 11.0 Å². The van der Waals surface area contributed by atoms with Gasteiger partial charge in [-0.05, 0) is 42.0 Å². The molecule has 164 valence electrons. The fourth-order valence-corrected chi connectivity index (χ4v) is 3.90. The van der Waals surface area contributed by atoms with Crippen molar-refractivity contribution < 1.29 is 9.53 Å². The lowest BCUT2D eigenvalue weighted by molar-refractivity contribution is 0.101. The number of halogens is 4. The van der Waals surface area contributed by atoms with Gasteiger partial charge in [0.05, 0.1) is 11.6 Å². The lowest BCUT2D eigenvalue weighted by atomic mass is 10.2. The summed E-state index contributed by atoms with van der Waals surface area (Å²) in [6, 6.07) is 12.0. The second-order valence-electron chi connectivity index (χ2n) is 6.54. The summed E-state index contributed by atoms with van der Waals surface area (Å²) in [5.74, 6) is 0.201. The molecule has 0 unspecified atom stereocenters. The number of amides is 1. The number of anilines is 1. The van der Waals surface area contributed by atoms with Crippen LogP contribution in [0.4, 0.5) is 5.95 Å². The summed E-state index contributed by atoms with van der Waals surface area (Å²) in [5, 5.41) is 12.6. The van der Waals surface area contributed by atoms with E-state index in [9.17, 15) is 4.79 Å². The predicted molar refractivity (Wildman–Crippen MR) is 126 cm³/mol. The molecular formula is C20H14BrCl3N6O2. The van der Waals surface area contributed by atoms with Crippen molar-refractivity contribution in [1.29, 1.82) is 0 Å². The van der Waals surface area contributed by atoms with Crippen LogP contribution in [-0.2, 0) is 13.3 Å². The lowest BCUT2D eigenvalue weighted by Gasteiger charge is -2.08. The summed E-state index contributed by atoms with van der Waals surface area (Å²) in [5.41, 5.74) is 1.01. The van der Waals surface area contributed by atoms with Crippen LogP contribution in [0.25, 0.3) is 0 Å². The molecule has 0 atom stereocenters. The van der Waals surface area contributed by atoms with Gasteiger partial charge in [0.25, 0.3) is 5.91 Å². The molecule has 1 N–H and O–H groups in total. The molecule has 0 bridgehead atoms. The number of ether oxygens (including phenoxy) is 1. The topological polar surface area (TPSA) is 86.9 Å². The molecule has 4 rings (SSSR count). The van der Waals surface area contributed by atoms with Crippen LogP contribution in [0, 0.1) is 0 Å². The Hall–Kier alpha value is -2.59. The maximum atomic E-state index is 12.5. The monoisotopic (exact) mass is 554 g/mol. The van der Waals surface area contributed by atoms with E-state index in [0.717, 1.165) is 10.0 Å². The lowest BCUT2D eigenvalue weighted by Crippen LogP contribution is -2.15. The minimum absolute atomic E-state index is 0.0867. The first-order valence-electron chi connectivity index (χ1n) is 9.13. The van der Waals surface area contributed by atoms with Gasteiger partial charge in [0.1, 0.15) is 12.1 Å². The molecule has 0 saturated heterocycles. The zero-order chi connectivity index (χ0) is 22.7. The van der Waals surface area contributed by atoms with E-state index in [1.54, 1.807) is 47.3 Å².